The van der Waals surface area contributed by atoms with Gasteiger partial charge in [0, 0.05) is 33.5 Å². The first-order valence-corrected chi connectivity index (χ1v) is 12.2. The van der Waals surface area contributed by atoms with Crippen molar-refractivity contribution in [3.8, 4) is 22.5 Å². The molecule has 6 rings (SSSR count). The topological polar surface area (TPSA) is 51.8 Å². The fourth-order valence-electron chi connectivity index (χ4n) is 4.84. The fraction of sp³-hybridized carbons (Fsp3) is 0.156. The lowest BCUT2D eigenvalue weighted by molar-refractivity contribution is 0.595. The highest BCUT2D eigenvalue weighted by Gasteiger charge is 2.28. The monoisotopic (exact) mass is 469 g/mol. The second-order valence-electron chi connectivity index (χ2n) is 9.96. The molecule has 0 atom stereocenters. The number of fused-ring (bicyclic) bond motifs is 3. The van der Waals surface area contributed by atoms with Crippen LogP contribution in [-0.2, 0) is 5.41 Å². The van der Waals surface area contributed by atoms with Crippen molar-refractivity contribution in [2.45, 2.75) is 33.1 Å². The SMILES string of the molecule is Cc1cc(-c2ccccc2)nc(C(C)(C)c2cc(C)cc(-c3cccc4c3oc3ncccc34)n2)c1. The van der Waals surface area contributed by atoms with E-state index in [1.54, 1.807) is 6.20 Å². The summed E-state index contributed by atoms with van der Waals surface area (Å²) in [6, 6.07) is 29.1. The van der Waals surface area contributed by atoms with E-state index in [-0.39, 0.29) is 0 Å². The Morgan fingerprint density at radius 2 is 1.33 bits per heavy atom. The largest absolute Gasteiger partial charge is 0.437 e. The Hall–Kier alpha value is -4.31. The zero-order valence-electron chi connectivity index (χ0n) is 20.9. The van der Waals surface area contributed by atoms with E-state index in [9.17, 15) is 0 Å². The van der Waals surface area contributed by atoms with Crippen LogP contribution in [0.15, 0.2) is 95.5 Å². The molecule has 4 heterocycles. The molecular formula is C32H27N3O. The van der Waals surface area contributed by atoms with Crippen LogP contribution in [0.3, 0.4) is 0 Å². The first-order valence-electron chi connectivity index (χ1n) is 12.2. The summed E-state index contributed by atoms with van der Waals surface area (Å²) in [7, 11) is 0. The van der Waals surface area contributed by atoms with Gasteiger partial charge in [-0.1, -0.05) is 42.5 Å². The minimum atomic E-state index is -0.403. The van der Waals surface area contributed by atoms with Crippen molar-refractivity contribution >= 4 is 22.1 Å². The number of aromatic nitrogens is 3. The van der Waals surface area contributed by atoms with Gasteiger partial charge in [-0.3, -0.25) is 9.97 Å². The van der Waals surface area contributed by atoms with E-state index in [1.807, 2.05) is 30.3 Å². The van der Waals surface area contributed by atoms with E-state index in [1.165, 1.54) is 5.56 Å². The third-order valence-corrected chi connectivity index (χ3v) is 6.84. The second kappa shape index (κ2) is 8.42. The predicted octanol–water partition coefficient (Wildman–Crippen LogP) is 8.05. The van der Waals surface area contributed by atoms with Gasteiger partial charge in [0.25, 0.3) is 0 Å². The Morgan fingerprint density at radius 3 is 2.08 bits per heavy atom. The summed E-state index contributed by atoms with van der Waals surface area (Å²) in [6.07, 6.45) is 1.76. The van der Waals surface area contributed by atoms with Crippen molar-refractivity contribution in [1.82, 2.24) is 15.0 Å². The van der Waals surface area contributed by atoms with E-state index in [0.717, 1.165) is 55.8 Å². The number of hydrogen-bond acceptors (Lipinski definition) is 4. The molecule has 4 heteroatoms. The van der Waals surface area contributed by atoms with Gasteiger partial charge < -0.3 is 4.42 Å². The average molecular weight is 470 g/mol. The van der Waals surface area contributed by atoms with E-state index >= 15 is 0 Å². The molecule has 0 spiro atoms. The first-order chi connectivity index (χ1) is 17.4. The predicted molar refractivity (Wildman–Crippen MR) is 146 cm³/mol. The normalized spacial score (nSPS) is 11.9. The summed E-state index contributed by atoms with van der Waals surface area (Å²) in [6.45, 7) is 8.63. The number of benzene rings is 2. The number of furan rings is 1. The van der Waals surface area contributed by atoms with Crippen molar-refractivity contribution in [3.63, 3.8) is 0 Å². The molecule has 0 aliphatic carbocycles. The molecule has 0 bridgehead atoms. The summed E-state index contributed by atoms with van der Waals surface area (Å²) in [5.41, 5.74) is 9.29. The van der Waals surface area contributed by atoms with Gasteiger partial charge in [-0.15, -0.1) is 0 Å². The van der Waals surface area contributed by atoms with E-state index in [4.69, 9.17) is 14.4 Å². The van der Waals surface area contributed by atoms with Gasteiger partial charge in [0.05, 0.1) is 22.8 Å². The molecule has 0 radical (unpaired) electrons. The fourth-order valence-corrected chi connectivity index (χ4v) is 4.84. The van der Waals surface area contributed by atoms with Crippen LogP contribution >= 0.6 is 0 Å². The van der Waals surface area contributed by atoms with Crippen LogP contribution in [0, 0.1) is 13.8 Å². The van der Waals surface area contributed by atoms with Crippen LogP contribution in [0.4, 0.5) is 0 Å². The molecule has 4 nitrogen and oxygen atoms in total. The lowest BCUT2D eigenvalue weighted by Crippen LogP contribution is -2.23. The Bertz CT molecular complexity index is 1730. The smallest absolute Gasteiger partial charge is 0.227 e. The van der Waals surface area contributed by atoms with Gasteiger partial charge in [0.15, 0.2) is 0 Å². The Labute approximate surface area is 210 Å². The van der Waals surface area contributed by atoms with E-state index < -0.39 is 5.41 Å². The minimum Gasteiger partial charge on any atom is -0.437 e. The molecule has 0 saturated heterocycles. The molecule has 0 fully saturated rings. The highest BCUT2D eigenvalue weighted by Crippen LogP contribution is 2.37. The maximum absolute atomic E-state index is 6.20. The number of pyridine rings is 3. The van der Waals surface area contributed by atoms with E-state index in [0.29, 0.717) is 5.71 Å². The Morgan fingerprint density at radius 1 is 0.667 bits per heavy atom. The molecule has 176 valence electrons. The highest BCUT2D eigenvalue weighted by molar-refractivity contribution is 6.08. The summed E-state index contributed by atoms with van der Waals surface area (Å²) in [5, 5.41) is 2.06. The van der Waals surface area contributed by atoms with Crippen molar-refractivity contribution in [2.24, 2.45) is 0 Å². The van der Waals surface area contributed by atoms with Gasteiger partial charge in [-0.25, -0.2) is 4.98 Å². The molecule has 0 unspecified atom stereocenters. The van der Waals surface area contributed by atoms with Gasteiger partial charge in [-0.2, -0.15) is 0 Å². The van der Waals surface area contributed by atoms with Crippen LogP contribution in [0.25, 0.3) is 44.6 Å². The second-order valence-corrected chi connectivity index (χ2v) is 9.96. The molecule has 36 heavy (non-hydrogen) atoms. The number of rotatable bonds is 4. The number of hydrogen-bond donors (Lipinski definition) is 0. The molecule has 4 aromatic heterocycles. The molecule has 2 aromatic carbocycles. The van der Waals surface area contributed by atoms with Crippen LogP contribution in [0.5, 0.6) is 0 Å². The molecular weight excluding hydrogens is 442 g/mol. The summed E-state index contributed by atoms with van der Waals surface area (Å²) >= 11 is 0. The van der Waals surface area contributed by atoms with Gasteiger partial charge in [-0.05, 0) is 81.3 Å². The Kier molecular flexibility index (Phi) is 5.18. The van der Waals surface area contributed by atoms with Crippen LogP contribution in [-0.4, -0.2) is 15.0 Å². The lowest BCUT2D eigenvalue weighted by atomic mass is 9.83. The van der Waals surface area contributed by atoms with Crippen LogP contribution in [0.1, 0.15) is 36.4 Å². The quantitative estimate of drug-likeness (QED) is 0.262. The zero-order valence-corrected chi connectivity index (χ0v) is 20.9. The molecule has 0 saturated carbocycles. The average Bonchev–Trinajstić information content (AvgIpc) is 3.27. The highest BCUT2D eigenvalue weighted by atomic mass is 16.3. The van der Waals surface area contributed by atoms with Crippen molar-refractivity contribution in [3.05, 3.63) is 114 Å². The number of aryl methyl sites for hydroxylation is 2. The van der Waals surface area contributed by atoms with Crippen LogP contribution in [0.2, 0.25) is 0 Å². The third-order valence-electron chi connectivity index (χ3n) is 6.84. The minimum absolute atomic E-state index is 0.403. The molecule has 0 aliphatic heterocycles. The summed E-state index contributed by atoms with van der Waals surface area (Å²) < 4.78 is 6.20. The maximum atomic E-state index is 6.20. The maximum Gasteiger partial charge on any atom is 0.227 e. The van der Waals surface area contributed by atoms with Crippen molar-refractivity contribution in [2.75, 3.05) is 0 Å². The van der Waals surface area contributed by atoms with E-state index in [2.05, 4.69) is 87.3 Å². The first kappa shape index (κ1) is 22.2. The number of para-hydroxylation sites is 1. The summed E-state index contributed by atoms with van der Waals surface area (Å²) in [4.78, 5) is 14.7. The van der Waals surface area contributed by atoms with Crippen molar-refractivity contribution < 1.29 is 4.42 Å². The lowest BCUT2D eigenvalue weighted by Gasteiger charge is -2.26. The molecule has 0 amide bonds. The molecule has 0 N–H and O–H groups in total. The van der Waals surface area contributed by atoms with Crippen molar-refractivity contribution in [1.29, 1.82) is 0 Å². The summed E-state index contributed by atoms with van der Waals surface area (Å²) in [5.74, 6) is 0. The zero-order chi connectivity index (χ0) is 24.9. The standard InChI is InChI=1S/C32H27N3O/c1-20-16-26(22-10-6-5-7-11-22)34-28(18-20)32(3,4)29-19-21(2)17-27(35-29)25-13-8-12-23-24-14-9-15-33-31(24)36-30(23)25/h5-19H,1-4H3. The molecule has 6 aromatic rings. The number of nitrogens with zero attached hydrogens (tertiary/aromatic N) is 3. The van der Waals surface area contributed by atoms with Gasteiger partial charge in [0.1, 0.15) is 5.58 Å². The van der Waals surface area contributed by atoms with Crippen LogP contribution < -0.4 is 0 Å². The van der Waals surface area contributed by atoms with Gasteiger partial charge >= 0.3 is 0 Å². The molecule has 0 aliphatic rings. The van der Waals surface area contributed by atoms with Gasteiger partial charge in [0.2, 0.25) is 5.71 Å². The Balaban J connectivity index is 1.50. The third kappa shape index (κ3) is 3.75.